The molecule has 2 aromatic heterocycles. The molecular formula is C32H39N7O4. The molecule has 1 saturated heterocycles. The Kier molecular flexibility index (Phi) is 8.91. The average Bonchev–Trinajstić information content (AvgIpc) is 3.73. The van der Waals surface area contributed by atoms with Crippen molar-refractivity contribution in [2.75, 3.05) is 38.5 Å². The Hall–Kier alpha value is -4.51. The van der Waals surface area contributed by atoms with E-state index in [0.29, 0.717) is 54.9 Å². The van der Waals surface area contributed by atoms with Crippen molar-refractivity contribution in [1.29, 1.82) is 0 Å². The maximum absolute atomic E-state index is 13.3. The summed E-state index contributed by atoms with van der Waals surface area (Å²) < 4.78 is 8.61. The Morgan fingerprint density at radius 3 is 2.58 bits per heavy atom. The first-order chi connectivity index (χ1) is 20.7. The number of hydrogen-bond acceptors (Lipinski definition) is 7. The zero-order valence-corrected chi connectivity index (χ0v) is 25.2. The van der Waals surface area contributed by atoms with Crippen LogP contribution in [0, 0.1) is 13.8 Å². The molecule has 1 aliphatic heterocycles. The van der Waals surface area contributed by atoms with Crippen LogP contribution in [-0.4, -0.2) is 81.6 Å². The number of anilines is 1. The van der Waals surface area contributed by atoms with Crippen LogP contribution < -0.4 is 15.4 Å². The van der Waals surface area contributed by atoms with Crippen molar-refractivity contribution in [3.8, 4) is 5.75 Å². The first-order valence-corrected chi connectivity index (χ1v) is 14.6. The molecule has 5 rings (SSSR count). The second-order valence-corrected chi connectivity index (χ2v) is 11.3. The molecule has 2 N–H and O–H groups in total. The van der Waals surface area contributed by atoms with E-state index >= 15 is 0 Å². The summed E-state index contributed by atoms with van der Waals surface area (Å²) in [7, 11) is 1.54. The molecular weight excluding hydrogens is 546 g/mol. The van der Waals surface area contributed by atoms with E-state index in [2.05, 4.69) is 27.1 Å². The number of benzene rings is 1. The van der Waals surface area contributed by atoms with Gasteiger partial charge in [0, 0.05) is 57.2 Å². The molecule has 1 aliphatic carbocycles. The summed E-state index contributed by atoms with van der Waals surface area (Å²) in [5.74, 6) is 0.0179. The number of nitrogens with one attached hydrogen (secondary N) is 2. The Bertz CT molecular complexity index is 1530. The van der Waals surface area contributed by atoms with Gasteiger partial charge < -0.3 is 20.3 Å². The van der Waals surface area contributed by atoms with Crippen LogP contribution in [0.5, 0.6) is 5.75 Å². The summed E-state index contributed by atoms with van der Waals surface area (Å²) >= 11 is 0. The summed E-state index contributed by atoms with van der Waals surface area (Å²) in [4.78, 5) is 47.0. The van der Waals surface area contributed by atoms with Crippen molar-refractivity contribution in [1.82, 2.24) is 29.9 Å². The average molecular weight is 586 g/mol. The van der Waals surface area contributed by atoms with Crippen LogP contribution in [0.1, 0.15) is 69.4 Å². The minimum Gasteiger partial charge on any atom is -0.482 e. The van der Waals surface area contributed by atoms with Gasteiger partial charge >= 0.3 is 0 Å². The zero-order valence-electron chi connectivity index (χ0n) is 25.2. The lowest BCUT2D eigenvalue weighted by molar-refractivity contribution is -0.130. The van der Waals surface area contributed by atoms with Crippen molar-refractivity contribution < 1.29 is 19.1 Å². The van der Waals surface area contributed by atoms with Gasteiger partial charge in [-0.15, -0.1) is 0 Å². The van der Waals surface area contributed by atoms with E-state index in [1.54, 1.807) is 31.4 Å². The monoisotopic (exact) mass is 585 g/mol. The summed E-state index contributed by atoms with van der Waals surface area (Å²) in [5.41, 5.74) is 2.84. The van der Waals surface area contributed by atoms with E-state index < -0.39 is 6.10 Å². The minimum atomic E-state index is -0.493. The van der Waals surface area contributed by atoms with Gasteiger partial charge in [0.15, 0.2) is 6.10 Å². The molecule has 2 aliphatic rings. The number of nitrogens with zero attached hydrogens (tertiary/aromatic N) is 5. The molecule has 226 valence electrons. The fourth-order valence-electron chi connectivity index (χ4n) is 5.42. The zero-order chi connectivity index (χ0) is 30.7. The molecule has 0 unspecified atom stereocenters. The Labute approximate surface area is 251 Å². The van der Waals surface area contributed by atoms with Gasteiger partial charge in [0.25, 0.3) is 11.8 Å². The molecule has 0 radical (unpaired) electrons. The Morgan fingerprint density at radius 2 is 1.91 bits per heavy atom. The van der Waals surface area contributed by atoms with Gasteiger partial charge in [-0.25, -0.2) is 4.98 Å². The fraction of sp³-hybridized carbons (Fsp3) is 0.406. The Balaban J connectivity index is 1.43. The van der Waals surface area contributed by atoms with Crippen molar-refractivity contribution >= 4 is 23.5 Å². The van der Waals surface area contributed by atoms with Crippen molar-refractivity contribution in [3.05, 3.63) is 83.3 Å². The van der Waals surface area contributed by atoms with Gasteiger partial charge in [-0.1, -0.05) is 12.6 Å². The summed E-state index contributed by atoms with van der Waals surface area (Å²) in [5, 5.41) is 10.4. The van der Waals surface area contributed by atoms with Crippen LogP contribution in [-0.2, 0) is 4.79 Å². The summed E-state index contributed by atoms with van der Waals surface area (Å²) in [6, 6.07) is 9.35. The number of hydrogen-bond donors (Lipinski definition) is 2. The van der Waals surface area contributed by atoms with Gasteiger partial charge in [-0.3, -0.25) is 24.0 Å². The van der Waals surface area contributed by atoms with Crippen molar-refractivity contribution in [3.63, 3.8) is 0 Å². The van der Waals surface area contributed by atoms with E-state index in [4.69, 9.17) is 9.84 Å². The van der Waals surface area contributed by atoms with Gasteiger partial charge in [0.05, 0.1) is 11.6 Å². The molecule has 3 aromatic rings. The quantitative estimate of drug-likeness (QED) is 0.348. The molecule has 0 spiro atoms. The number of ether oxygens (including phenoxy) is 1. The lowest BCUT2D eigenvalue weighted by Gasteiger charge is -2.40. The minimum absolute atomic E-state index is 0.00753. The number of aromatic nitrogens is 3. The lowest BCUT2D eigenvalue weighted by Crippen LogP contribution is -2.54. The normalized spacial score (nSPS) is 17.7. The largest absolute Gasteiger partial charge is 0.482 e. The SMILES string of the molecule is C=CC(=O)N1CCN(C[C@@H](Oc2cc(C)c(C(=O)Nc3ncccc3C)cc2C(=O)NC)c2ccn(C3CC3)n2)C[C@H]1C. The van der Waals surface area contributed by atoms with E-state index in [0.717, 1.165) is 24.1 Å². The summed E-state index contributed by atoms with van der Waals surface area (Å²) in [6.45, 7) is 11.8. The lowest BCUT2D eigenvalue weighted by atomic mass is 10.0. The second-order valence-electron chi connectivity index (χ2n) is 11.3. The van der Waals surface area contributed by atoms with Crippen LogP contribution in [0.4, 0.5) is 5.82 Å². The highest BCUT2D eigenvalue weighted by molar-refractivity contribution is 6.07. The number of carbonyl (C=O) groups excluding carboxylic acids is 3. The smallest absolute Gasteiger partial charge is 0.257 e. The maximum atomic E-state index is 13.3. The van der Waals surface area contributed by atoms with E-state index in [1.807, 2.05) is 48.7 Å². The van der Waals surface area contributed by atoms with Gasteiger partial charge in [0.2, 0.25) is 5.91 Å². The molecule has 1 saturated carbocycles. The third-order valence-corrected chi connectivity index (χ3v) is 8.03. The number of carbonyl (C=O) groups is 3. The van der Waals surface area contributed by atoms with E-state index in [-0.39, 0.29) is 29.3 Å². The molecule has 3 heterocycles. The standard InChI is InChI=1S/C32H39N7O4/c1-6-29(40)38-15-14-37(18-22(38)4)19-28(26-11-13-39(36-26)23-9-10-23)43-27-16-21(3)24(17-25(27)31(41)33-5)32(42)35-30-20(2)8-7-12-34-30/h6-8,11-13,16-17,22-23,28H,1,9-10,14-15,18-19H2,2-5H3,(H,33,41)(H,34,35,42)/t22-,28-/m1/s1. The number of rotatable bonds is 10. The van der Waals surface area contributed by atoms with Crippen LogP contribution >= 0.6 is 0 Å². The number of pyridine rings is 1. The van der Waals surface area contributed by atoms with Gasteiger partial charge in [-0.05, 0) is 75.1 Å². The molecule has 1 aromatic carbocycles. The highest BCUT2D eigenvalue weighted by Gasteiger charge is 2.31. The molecule has 11 nitrogen and oxygen atoms in total. The number of piperazine rings is 1. The molecule has 11 heteroatoms. The highest BCUT2D eigenvalue weighted by Crippen LogP contribution is 2.35. The summed E-state index contributed by atoms with van der Waals surface area (Å²) in [6.07, 6.45) is 6.66. The maximum Gasteiger partial charge on any atom is 0.257 e. The van der Waals surface area contributed by atoms with Crippen molar-refractivity contribution in [2.24, 2.45) is 0 Å². The van der Waals surface area contributed by atoms with Crippen LogP contribution in [0.25, 0.3) is 0 Å². The van der Waals surface area contributed by atoms with Gasteiger partial charge in [0.1, 0.15) is 17.3 Å². The van der Waals surface area contributed by atoms with Crippen LogP contribution in [0.15, 0.2) is 55.4 Å². The van der Waals surface area contributed by atoms with Gasteiger partial charge in [-0.2, -0.15) is 5.10 Å². The third kappa shape index (κ3) is 6.77. The topological polar surface area (TPSA) is 122 Å². The van der Waals surface area contributed by atoms with Crippen LogP contribution in [0.2, 0.25) is 0 Å². The molecule has 2 atom stereocenters. The molecule has 3 amide bonds. The second kappa shape index (κ2) is 12.8. The molecule has 0 bridgehead atoms. The number of amides is 3. The fourth-order valence-corrected chi connectivity index (χ4v) is 5.42. The first-order valence-electron chi connectivity index (χ1n) is 14.6. The van der Waals surface area contributed by atoms with Crippen LogP contribution in [0.3, 0.4) is 0 Å². The predicted molar refractivity (Wildman–Crippen MR) is 163 cm³/mol. The van der Waals surface area contributed by atoms with Crippen molar-refractivity contribution in [2.45, 2.75) is 51.8 Å². The highest BCUT2D eigenvalue weighted by atomic mass is 16.5. The predicted octanol–water partition coefficient (Wildman–Crippen LogP) is 3.68. The molecule has 2 fully saturated rings. The number of aryl methyl sites for hydroxylation is 2. The van der Waals surface area contributed by atoms with E-state index in [1.165, 1.54) is 6.08 Å². The third-order valence-electron chi connectivity index (χ3n) is 8.03. The molecule has 43 heavy (non-hydrogen) atoms. The first kappa shape index (κ1) is 30.0. The Morgan fingerprint density at radius 1 is 1.12 bits per heavy atom. The van der Waals surface area contributed by atoms with E-state index in [9.17, 15) is 14.4 Å².